The first kappa shape index (κ1) is 12.2. The van der Waals surface area contributed by atoms with Gasteiger partial charge in [-0.2, -0.15) is 0 Å². The first-order valence-corrected chi connectivity index (χ1v) is 5.05. The van der Waals surface area contributed by atoms with E-state index < -0.39 is 28.6 Å². The van der Waals surface area contributed by atoms with Gasteiger partial charge in [0.15, 0.2) is 5.82 Å². The van der Waals surface area contributed by atoms with E-state index in [1.807, 2.05) is 0 Å². The second-order valence-electron chi connectivity index (χ2n) is 3.98. The Bertz CT molecular complexity index is 734. The minimum absolute atomic E-state index is 0.107. The molecule has 0 saturated heterocycles. The molecule has 2 aromatic rings. The van der Waals surface area contributed by atoms with Gasteiger partial charge in [-0.1, -0.05) is 0 Å². The summed E-state index contributed by atoms with van der Waals surface area (Å²) in [6.45, 7) is 1.25. The van der Waals surface area contributed by atoms with Gasteiger partial charge in [0, 0.05) is 18.8 Å². The van der Waals surface area contributed by atoms with Gasteiger partial charge in [0.1, 0.15) is 11.4 Å². The number of carbonyl (C=O) groups is 1. The van der Waals surface area contributed by atoms with Gasteiger partial charge in [-0.05, 0) is 13.0 Å². The molecule has 0 fully saturated rings. The first-order chi connectivity index (χ1) is 8.34. The van der Waals surface area contributed by atoms with Gasteiger partial charge < -0.3 is 9.67 Å². The summed E-state index contributed by atoms with van der Waals surface area (Å²) in [4.78, 5) is 22.7. The highest BCUT2D eigenvalue weighted by molar-refractivity contribution is 5.92. The quantitative estimate of drug-likeness (QED) is 0.843. The Hall–Kier alpha value is -2.24. The van der Waals surface area contributed by atoms with Crippen LogP contribution in [0.3, 0.4) is 0 Å². The summed E-state index contributed by atoms with van der Waals surface area (Å²) in [5.74, 6) is -3.17. The highest BCUT2D eigenvalue weighted by atomic mass is 19.1. The number of fused-ring (bicyclic) bond motifs is 1. The lowest BCUT2D eigenvalue weighted by atomic mass is 10.1. The predicted octanol–water partition coefficient (Wildman–Crippen LogP) is 1.82. The van der Waals surface area contributed by atoms with E-state index in [-0.39, 0.29) is 16.5 Å². The van der Waals surface area contributed by atoms with Gasteiger partial charge in [0.05, 0.1) is 10.9 Å². The van der Waals surface area contributed by atoms with E-state index in [1.54, 1.807) is 0 Å². The Kier molecular flexibility index (Phi) is 2.65. The number of pyridine rings is 1. The van der Waals surface area contributed by atoms with Gasteiger partial charge in [0.2, 0.25) is 5.43 Å². The van der Waals surface area contributed by atoms with Crippen molar-refractivity contribution in [2.24, 2.45) is 7.05 Å². The molecule has 0 radical (unpaired) electrons. The van der Waals surface area contributed by atoms with Crippen LogP contribution in [-0.4, -0.2) is 15.6 Å². The molecule has 0 spiro atoms. The Labute approximate surface area is 100 Å². The average molecular weight is 253 g/mol. The number of aryl methyl sites for hydroxylation is 1. The van der Waals surface area contributed by atoms with Gasteiger partial charge >= 0.3 is 5.97 Å². The van der Waals surface area contributed by atoms with Crippen molar-refractivity contribution in [3.05, 3.63) is 45.2 Å². The monoisotopic (exact) mass is 253 g/mol. The van der Waals surface area contributed by atoms with Crippen molar-refractivity contribution < 1.29 is 18.7 Å². The van der Waals surface area contributed by atoms with Crippen molar-refractivity contribution in [1.82, 2.24) is 4.57 Å². The van der Waals surface area contributed by atoms with Crippen LogP contribution in [0.2, 0.25) is 0 Å². The second kappa shape index (κ2) is 3.90. The molecule has 0 atom stereocenters. The van der Waals surface area contributed by atoms with Crippen LogP contribution in [-0.2, 0) is 7.05 Å². The van der Waals surface area contributed by atoms with Crippen LogP contribution in [0, 0.1) is 18.6 Å². The maximum Gasteiger partial charge on any atom is 0.341 e. The molecular formula is C12H9F2NO3. The Balaban J connectivity index is 3.08. The van der Waals surface area contributed by atoms with Gasteiger partial charge in [-0.3, -0.25) is 4.79 Å². The third-order valence-electron chi connectivity index (χ3n) is 2.82. The lowest BCUT2D eigenvalue weighted by Gasteiger charge is -2.10. The number of carboxylic acids is 1. The highest BCUT2D eigenvalue weighted by Crippen LogP contribution is 2.21. The van der Waals surface area contributed by atoms with Crippen molar-refractivity contribution in [2.45, 2.75) is 6.92 Å². The van der Waals surface area contributed by atoms with Gasteiger partial charge in [-0.15, -0.1) is 0 Å². The first-order valence-electron chi connectivity index (χ1n) is 5.05. The zero-order chi connectivity index (χ0) is 13.6. The molecule has 0 amide bonds. The summed E-state index contributed by atoms with van der Waals surface area (Å²) in [5, 5.41) is 8.56. The highest BCUT2D eigenvalue weighted by Gasteiger charge is 2.18. The zero-order valence-electron chi connectivity index (χ0n) is 9.62. The number of aromatic nitrogens is 1. The van der Waals surface area contributed by atoms with Crippen LogP contribution in [0.25, 0.3) is 10.9 Å². The number of halogens is 2. The molecule has 1 N–H and O–H groups in total. The summed E-state index contributed by atoms with van der Waals surface area (Å²) in [7, 11) is 1.40. The largest absolute Gasteiger partial charge is 0.477 e. The number of carboxylic acid groups (broad SMARTS) is 1. The molecule has 0 aliphatic carbocycles. The van der Waals surface area contributed by atoms with E-state index in [1.165, 1.54) is 18.5 Å². The summed E-state index contributed by atoms with van der Waals surface area (Å²) < 4.78 is 28.5. The maximum absolute atomic E-state index is 13.9. The summed E-state index contributed by atoms with van der Waals surface area (Å²) in [5.41, 5.74) is -1.73. The minimum atomic E-state index is -1.43. The van der Waals surface area contributed by atoms with Crippen LogP contribution in [0.15, 0.2) is 17.1 Å². The molecule has 0 saturated carbocycles. The standard InChI is InChI=1S/C12H9F2NO3/c1-5-8(13)3-6-10(9(5)14)15(2)4-7(11(6)16)12(17)18/h3-4H,1-2H3,(H,17,18). The smallest absolute Gasteiger partial charge is 0.341 e. The molecule has 1 aromatic carbocycles. The molecule has 4 nitrogen and oxygen atoms in total. The molecule has 2 rings (SSSR count). The molecule has 0 unspecified atom stereocenters. The fraction of sp³-hybridized carbons (Fsp3) is 0.167. The number of aromatic carboxylic acids is 1. The molecular weight excluding hydrogens is 244 g/mol. The minimum Gasteiger partial charge on any atom is -0.477 e. The van der Waals surface area contributed by atoms with Crippen molar-refractivity contribution in [3.8, 4) is 0 Å². The molecule has 0 aliphatic rings. The molecule has 1 aromatic heterocycles. The normalized spacial score (nSPS) is 10.9. The van der Waals surface area contributed by atoms with E-state index in [2.05, 4.69) is 0 Å². The molecule has 6 heteroatoms. The van der Waals surface area contributed by atoms with Crippen LogP contribution in [0.4, 0.5) is 8.78 Å². The predicted molar refractivity (Wildman–Crippen MR) is 60.8 cm³/mol. The number of rotatable bonds is 1. The summed E-state index contributed by atoms with van der Waals surface area (Å²) >= 11 is 0. The Morgan fingerprint density at radius 3 is 2.56 bits per heavy atom. The van der Waals surface area contributed by atoms with E-state index in [9.17, 15) is 18.4 Å². The summed E-state index contributed by atoms with van der Waals surface area (Å²) in [6, 6.07) is 0.864. The number of hydrogen-bond acceptors (Lipinski definition) is 2. The van der Waals surface area contributed by atoms with Crippen molar-refractivity contribution in [1.29, 1.82) is 0 Å². The average Bonchev–Trinajstić information content (AvgIpc) is 2.29. The van der Waals surface area contributed by atoms with Gasteiger partial charge in [0.25, 0.3) is 0 Å². The summed E-state index contributed by atoms with van der Waals surface area (Å²) in [6.07, 6.45) is 1.02. The van der Waals surface area contributed by atoms with Crippen LogP contribution >= 0.6 is 0 Å². The molecule has 0 bridgehead atoms. The zero-order valence-corrected chi connectivity index (χ0v) is 9.62. The van der Waals surface area contributed by atoms with E-state index in [4.69, 9.17) is 5.11 Å². The number of hydrogen-bond donors (Lipinski definition) is 1. The lowest BCUT2D eigenvalue weighted by Crippen LogP contribution is -2.19. The number of benzene rings is 1. The van der Waals surface area contributed by atoms with Gasteiger partial charge in [-0.25, -0.2) is 13.6 Å². The topological polar surface area (TPSA) is 59.3 Å². The fourth-order valence-electron chi connectivity index (χ4n) is 1.84. The van der Waals surface area contributed by atoms with Crippen molar-refractivity contribution in [2.75, 3.05) is 0 Å². The molecule has 0 aliphatic heterocycles. The third kappa shape index (κ3) is 1.57. The maximum atomic E-state index is 13.9. The van der Waals surface area contributed by atoms with Crippen molar-refractivity contribution >= 4 is 16.9 Å². The molecule has 94 valence electrons. The Morgan fingerprint density at radius 1 is 1.39 bits per heavy atom. The van der Waals surface area contributed by atoms with Crippen LogP contribution in [0.1, 0.15) is 15.9 Å². The second-order valence-corrected chi connectivity index (χ2v) is 3.98. The fourth-order valence-corrected chi connectivity index (χ4v) is 1.84. The molecule has 1 heterocycles. The Morgan fingerprint density at radius 2 is 2.00 bits per heavy atom. The van der Waals surface area contributed by atoms with E-state index >= 15 is 0 Å². The SMILES string of the molecule is Cc1c(F)cc2c(=O)c(C(=O)O)cn(C)c2c1F. The molecule has 18 heavy (non-hydrogen) atoms. The van der Waals surface area contributed by atoms with Crippen LogP contribution in [0.5, 0.6) is 0 Å². The van der Waals surface area contributed by atoms with E-state index in [0.29, 0.717) is 0 Å². The van der Waals surface area contributed by atoms with Crippen molar-refractivity contribution in [3.63, 3.8) is 0 Å². The lowest BCUT2D eigenvalue weighted by molar-refractivity contribution is 0.0695. The number of nitrogens with zero attached hydrogens (tertiary/aromatic N) is 1. The van der Waals surface area contributed by atoms with Crippen LogP contribution < -0.4 is 5.43 Å². The van der Waals surface area contributed by atoms with E-state index in [0.717, 1.165) is 12.3 Å². The third-order valence-corrected chi connectivity index (χ3v) is 2.82.